The summed E-state index contributed by atoms with van der Waals surface area (Å²) in [6, 6.07) is 4.50. The van der Waals surface area contributed by atoms with Gasteiger partial charge in [0.2, 0.25) is 5.91 Å². The number of fused-ring (bicyclic) bond motifs is 1. The summed E-state index contributed by atoms with van der Waals surface area (Å²) in [5, 5.41) is 9.01. The number of likely N-dealkylation sites (N-methyl/N-ethyl adjacent to an activating group) is 1. The number of imidazole rings is 1. The summed E-state index contributed by atoms with van der Waals surface area (Å²) in [5.74, 6) is 0.137. The van der Waals surface area contributed by atoms with Crippen LogP contribution in [0.2, 0.25) is 0 Å². The highest BCUT2D eigenvalue weighted by Crippen LogP contribution is 2.15. The molecule has 0 fully saturated rings. The van der Waals surface area contributed by atoms with E-state index >= 15 is 0 Å². The molecule has 0 saturated heterocycles. The van der Waals surface area contributed by atoms with Gasteiger partial charge in [0.25, 0.3) is 0 Å². The number of rotatable bonds is 5. The van der Waals surface area contributed by atoms with Gasteiger partial charge in [-0.05, 0) is 19.1 Å². The van der Waals surface area contributed by atoms with Crippen molar-refractivity contribution in [1.29, 1.82) is 0 Å². The molecule has 1 heterocycles. The van der Waals surface area contributed by atoms with Gasteiger partial charge in [0.15, 0.2) is 5.82 Å². The Bertz CT molecular complexity index is 611. The standard InChI is InChI=1S/C14H18FN3O2/c1-9(8-19)18(2)13(20)7-6-12-16-11-5-3-4-10(15)14(11)17-12/h3-5,9,19H,6-8H2,1-2H3,(H,16,17). The second-order valence-electron chi connectivity index (χ2n) is 4.86. The molecule has 0 bridgehead atoms. The molecule has 1 unspecified atom stereocenters. The summed E-state index contributed by atoms with van der Waals surface area (Å²) in [6.07, 6.45) is 0.678. The van der Waals surface area contributed by atoms with Crippen molar-refractivity contribution >= 4 is 16.9 Å². The highest BCUT2D eigenvalue weighted by molar-refractivity contribution is 5.77. The maximum absolute atomic E-state index is 13.5. The summed E-state index contributed by atoms with van der Waals surface area (Å²) in [6.45, 7) is 1.70. The van der Waals surface area contributed by atoms with Gasteiger partial charge >= 0.3 is 0 Å². The number of H-pyrrole nitrogens is 1. The molecule has 0 saturated carbocycles. The summed E-state index contributed by atoms with van der Waals surface area (Å²) in [4.78, 5) is 20.6. The fourth-order valence-corrected chi connectivity index (χ4v) is 1.94. The average molecular weight is 279 g/mol. The summed E-state index contributed by atoms with van der Waals surface area (Å²) < 4.78 is 13.5. The van der Waals surface area contributed by atoms with Gasteiger partial charge in [-0.15, -0.1) is 0 Å². The van der Waals surface area contributed by atoms with Crippen LogP contribution < -0.4 is 0 Å². The van der Waals surface area contributed by atoms with Crippen LogP contribution in [0.25, 0.3) is 11.0 Å². The second-order valence-corrected chi connectivity index (χ2v) is 4.86. The fraction of sp³-hybridized carbons (Fsp3) is 0.429. The molecule has 2 rings (SSSR count). The molecule has 5 nitrogen and oxygen atoms in total. The second kappa shape index (κ2) is 6.00. The van der Waals surface area contributed by atoms with E-state index < -0.39 is 0 Å². The van der Waals surface area contributed by atoms with E-state index in [2.05, 4.69) is 9.97 Å². The zero-order valence-electron chi connectivity index (χ0n) is 11.6. The number of halogens is 1. The van der Waals surface area contributed by atoms with Crippen LogP contribution >= 0.6 is 0 Å². The predicted octanol–water partition coefficient (Wildman–Crippen LogP) is 1.47. The number of aromatic nitrogens is 2. The first-order chi connectivity index (χ1) is 9.52. The van der Waals surface area contributed by atoms with E-state index in [0.717, 1.165) is 0 Å². The van der Waals surface area contributed by atoms with Gasteiger partial charge < -0.3 is 15.0 Å². The molecule has 20 heavy (non-hydrogen) atoms. The molecule has 1 atom stereocenters. The van der Waals surface area contributed by atoms with Gasteiger partial charge in [-0.3, -0.25) is 4.79 Å². The maximum Gasteiger partial charge on any atom is 0.223 e. The van der Waals surface area contributed by atoms with E-state index in [1.165, 1.54) is 11.0 Å². The Morgan fingerprint density at radius 3 is 2.95 bits per heavy atom. The van der Waals surface area contributed by atoms with Crippen molar-refractivity contribution in [2.45, 2.75) is 25.8 Å². The highest BCUT2D eigenvalue weighted by atomic mass is 19.1. The highest BCUT2D eigenvalue weighted by Gasteiger charge is 2.15. The third kappa shape index (κ3) is 2.96. The van der Waals surface area contributed by atoms with Crippen molar-refractivity contribution in [3.05, 3.63) is 29.8 Å². The number of nitrogens with zero attached hydrogens (tertiary/aromatic N) is 2. The van der Waals surface area contributed by atoms with E-state index in [4.69, 9.17) is 5.11 Å². The predicted molar refractivity (Wildman–Crippen MR) is 73.7 cm³/mol. The van der Waals surface area contributed by atoms with E-state index in [1.807, 2.05) is 0 Å². The summed E-state index contributed by atoms with van der Waals surface area (Å²) >= 11 is 0. The topological polar surface area (TPSA) is 69.2 Å². The van der Waals surface area contributed by atoms with Crippen LogP contribution in [0.3, 0.4) is 0 Å². The molecule has 0 spiro atoms. The lowest BCUT2D eigenvalue weighted by Crippen LogP contribution is -2.37. The van der Waals surface area contributed by atoms with Gasteiger partial charge in [-0.2, -0.15) is 0 Å². The van der Waals surface area contributed by atoms with Gasteiger partial charge in [-0.25, -0.2) is 9.37 Å². The number of aryl methyl sites for hydroxylation is 1. The monoisotopic (exact) mass is 279 g/mol. The van der Waals surface area contributed by atoms with E-state index in [9.17, 15) is 9.18 Å². The number of aliphatic hydroxyl groups is 1. The molecule has 0 aliphatic carbocycles. The van der Waals surface area contributed by atoms with Crippen LogP contribution in [0.15, 0.2) is 18.2 Å². The fourth-order valence-electron chi connectivity index (χ4n) is 1.94. The van der Waals surface area contributed by atoms with Crippen molar-refractivity contribution in [3.8, 4) is 0 Å². The number of carbonyl (C=O) groups is 1. The molecule has 6 heteroatoms. The van der Waals surface area contributed by atoms with Crippen molar-refractivity contribution < 1.29 is 14.3 Å². The van der Waals surface area contributed by atoms with Gasteiger partial charge in [-0.1, -0.05) is 6.07 Å². The first-order valence-electron chi connectivity index (χ1n) is 6.52. The molecular weight excluding hydrogens is 261 g/mol. The van der Waals surface area contributed by atoms with Gasteiger partial charge in [0.05, 0.1) is 18.2 Å². The average Bonchev–Trinajstić information content (AvgIpc) is 2.87. The first kappa shape index (κ1) is 14.5. The Labute approximate surface area is 116 Å². The van der Waals surface area contributed by atoms with Gasteiger partial charge in [0, 0.05) is 19.9 Å². The zero-order chi connectivity index (χ0) is 14.7. The van der Waals surface area contributed by atoms with Crippen LogP contribution in [0.5, 0.6) is 0 Å². The molecule has 108 valence electrons. The van der Waals surface area contributed by atoms with E-state index in [-0.39, 0.29) is 30.8 Å². The molecule has 1 amide bonds. The number of hydrogen-bond acceptors (Lipinski definition) is 3. The van der Waals surface area contributed by atoms with E-state index in [1.54, 1.807) is 26.1 Å². The number of nitrogens with one attached hydrogen (secondary N) is 1. The molecule has 2 aromatic rings. The van der Waals surface area contributed by atoms with Crippen LogP contribution in [-0.4, -0.2) is 45.6 Å². The number of amides is 1. The van der Waals surface area contributed by atoms with Gasteiger partial charge in [0.1, 0.15) is 11.3 Å². The largest absolute Gasteiger partial charge is 0.394 e. The van der Waals surface area contributed by atoms with E-state index in [0.29, 0.717) is 23.3 Å². The van der Waals surface area contributed by atoms with Crippen LogP contribution in [0.4, 0.5) is 4.39 Å². The number of carbonyl (C=O) groups excluding carboxylic acids is 1. The molecule has 0 aliphatic heterocycles. The minimum atomic E-state index is -0.373. The Hall–Kier alpha value is -1.95. The Balaban J connectivity index is 2.02. The van der Waals surface area contributed by atoms with Crippen molar-refractivity contribution in [2.75, 3.05) is 13.7 Å². The maximum atomic E-state index is 13.5. The third-order valence-corrected chi connectivity index (χ3v) is 3.41. The minimum Gasteiger partial charge on any atom is -0.394 e. The number of aliphatic hydroxyl groups excluding tert-OH is 1. The van der Waals surface area contributed by atoms with Crippen LogP contribution in [0.1, 0.15) is 19.2 Å². The SMILES string of the molecule is CC(CO)N(C)C(=O)CCc1nc2c(F)cccc2[nH]1. The number of aromatic amines is 1. The van der Waals surface area contributed by atoms with Crippen LogP contribution in [0, 0.1) is 5.82 Å². The Kier molecular flexibility index (Phi) is 4.34. The lowest BCUT2D eigenvalue weighted by atomic mass is 10.2. The van der Waals surface area contributed by atoms with Crippen molar-refractivity contribution in [3.63, 3.8) is 0 Å². The number of hydrogen-bond donors (Lipinski definition) is 2. The Morgan fingerprint density at radius 1 is 1.55 bits per heavy atom. The quantitative estimate of drug-likeness (QED) is 0.871. The summed E-state index contributed by atoms with van der Waals surface area (Å²) in [7, 11) is 1.65. The van der Waals surface area contributed by atoms with Crippen molar-refractivity contribution in [1.82, 2.24) is 14.9 Å². The third-order valence-electron chi connectivity index (χ3n) is 3.41. The normalized spacial score (nSPS) is 12.6. The zero-order valence-corrected chi connectivity index (χ0v) is 11.6. The summed E-state index contributed by atoms with van der Waals surface area (Å²) in [5.41, 5.74) is 0.927. The molecule has 1 aromatic heterocycles. The Morgan fingerprint density at radius 2 is 2.30 bits per heavy atom. The molecular formula is C14H18FN3O2. The molecule has 0 aliphatic rings. The van der Waals surface area contributed by atoms with Crippen molar-refractivity contribution in [2.24, 2.45) is 0 Å². The molecule has 0 radical (unpaired) electrons. The number of benzene rings is 1. The molecule has 1 aromatic carbocycles. The molecule has 2 N–H and O–H groups in total. The van der Waals surface area contributed by atoms with Crippen LogP contribution in [-0.2, 0) is 11.2 Å². The number of para-hydroxylation sites is 1. The smallest absolute Gasteiger partial charge is 0.223 e. The lowest BCUT2D eigenvalue weighted by molar-refractivity contribution is -0.132. The minimum absolute atomic E-state index is 0.0713. The lowest BCUT2D eigenvalue weighted by Gasteiger charge is -2.22. The first-order valence-corrected chi connectivity index (χ1v) is 6.52.